The van der Waals surface area contributed by atoms with Crippen LogP contribution in [0.15, 0.2) is 78.9 Å². The van der Waals surface area contributed by atoms with Gasteiger partial charge in [0.15, 0.2) is 6.61 Å². The number of nitro groups is 1. The molecule has 2 N–H and O–H groups in total. The Hall–Kier alpha value is -4.20. The van der Waals surface area contributed by atoms with Crippen molar-refractivity contribution in [3.05, 3.63) is 100 Å². The molecule has 152 valence electrons. The number of carbonyl (C=O) groups is 2. The quantitative estimate of drug-likeness (QED) is 0.278. The molecule has 0 saturated heterocycles. The van der Waals surface area contributed by atoms with Crippen LogP contribution in [0.2, 0.25) is 0 Å². The molecule has 0 unspecified atom stereocenters. The third-order valence-corrected chi connectivity index (χ3v) is 4.35. The normalized spacial score (nSPS) is 10.3. The van der Waals surface area contributed by atoms with E-state index in [9.17, 15) is 19.7 Å². The first-order valence-electron chi connectivity index (χ1n) is 9.06. The van der Waals surface area contributed by atoms with Crippen LogP contribution in [0.3, 0.4) is 0 Å². The van der Waals surface area contributed by atoms with Crippen molar-refractivity contribution < 1.29 is 19.2 Å². The molecule has 0 fully saturated rings. The van der Waals surface area contributed by atoms with Gasteiger partial charge in [-0.3, -0.25) is 14.9 Å². The Morgan fingerprint density at radius 3 is 2.23 bits per heavy atom. The van der Waals surface area contributed by atoms with Gasteiger partial charge in [-0.15, -0.1) is 0 Å². The molecule has 8 heteroatoms. The van der Waals surface area contributed by atoms with Gasteiger partial charge in [-0.25, -0.2) is 4.79 Å². The smallest absolute Gasteiger partial charge is 0.341 e. The number of hydrogen-bond donors (Lipinski definition) is 1. The summed E-state index contributed by atoms with van der Waals surface area (Å²) in [7, 11) is 0. The second kappa shape index (κ2) is 9.33. The standard InChI is InChI=1S/C22H19N3O5/c23-20-12-11-18(25(28)29)13-19(20)22(27)30-15-21(26)24(17-9-5-2-6-10-17)14-16-7-3-1-4-8-16/h1-13H,14-15,23H2. The van der Waals surface area contributed by atoms with Crippen molar-refractivity contribution in [2.75, 3.05) is 17.2 Å². The fourth-order valence-electron chi connectivity index (χ4n) is 2.81. The van der Waals surface area contributed by atoms with Crippen LogP contribution in [0.1, 0.15) is 15.9 Å². The highest BCUT2D eigenvalue weighted by Gasteiger charge is 2.21. The number of hydrogen-bond acceptors (Lipinski definition) is 6. The number of nitrogens with two attached hydrogens (primary N) is 1. The molecule has 0 heterocycles. The van der Waals surface area contributed by atoms with Crippen LogP contribution in [0, 0.1) is 10.1 Å². The minimum Gasteiger partial charge on any atom is -0.452 e. The van der Waals surface area contributed by atoms with Gasteiger partial charge in [-0.2, -0.15) is 0 Å². The number of carbonyl (C=O) groups excluding carboxylic acids is 2. The first kappa shape index (κ1) is 20.5. The average Bonchev–Trinajstić information content (AvgIpc) is 2.77. The summed E-state index contributed by atoms with van der Waals surface area (Å²) in [5.74, 6) is -1.35. The summed E-state index contributed by atoms with van der Waals surface area (Å²) in [6.45, 7) is -0.247. The van der Waals surface area contributed by atoms with Gasteiger partial charge in [0.2, 0.25) is 0 Å². The maximum atomic E-state index is 12.9. The lowest BCUT2D eigenvalue weighted by Crippen LogP contribution is -2.34. The number of non-ortho nitro benzene ring substituents is 1. The molecule has 0 aromatic heterocycles. The molecule has 0 saturated carbocycles. The summed E-state index contributed by atoms with van der Waals surface area (Å²) in [5, 5.41) is 10.9. The number of anilines is 2. The maximum absolute atomic E-state index is 12.9. The number of para-hydroxylation sites is 1. The lowest BCUT2D eigenvalue weighted by molar-refractivity contribution is -0.384. The number of benzene rings is 3. The van der Waals surface area contributed by atoms with E-state index in [2.05, 4.69) is 0 Å². The van der Waals surface area contributed by atoms with E-state index in [1.165, 1.54) is 17.0 Å². The van der Waals surface area contributed by atoms with E-state index in [-0.39, 0.29) is 16.9 Å². The fourth-order valence-corrected chi connectivity index (χ4v) is 2.81. The third-order valence-electron chi connectivity index (χ3n) is 4.35. The van der Waals surface area contributed by atoms with Crippen molar-refractivity contribution in [2.45, 2.75) is 6.54 Å². The molecule has 0 spiro atoms. The van der Waals surface area contributed by atoms with Gasteiger partial charge in [0.05, 0.1) is 17.0 Å². The Morgan fingerprint density at radius 1 is 0.967 bits per heavy atom. The molecule has 0 aliphatic rings. The highest BCUT2D eigenvalue weighted by atomic mass is 16.6. The SMILES string of the molecule is Nc1ccc([N+](=O)[O-])cc1C(=O)OCC(=O)N(Cc1ccccc1)c1ccccc1. The molecule has 3 aromatic carbocycles. The van der Waals surface area contributed by atoms with Crippen molar-refractivity contribution in [1.82, 2.24) is 0 Å². The van der Waals surface area contributed by atoms with Crippen LogP contribution >= 0.6 is 0 Å². The minimum absolute atomic E-state index is 0.0299. The predicted octanol–water partition coefficient (Wildman–Crippen LogP) is 3.57. The van der Waals surface area contributed by atoms with Crippen LogP contribution in [0.5, 0.6) is 0 Å². The Morgan fingerprint density at radius 2 is 1.60 bits per heavy atom. The van der Waals surface area contributed by atoms with Gasteiger partial charge in [-0.05, 0) is 23.8 Å². The van der Waals surface area contributed by atoms with E-state index in [4.69, 9.17) is 10.5 Å². The molecular formula is C22H19N3O5. The van der Waals surface area contributed by atoms with E-state index in [1.54, 1.807) is 24.3 Å². The van der Waals surface area contributed by atoms with E-state index in [0.717, 1.165) is 11.6 Å². The second-order valence-electron chi connectivity index (χ2n) is 6.41. The number of ether oxygens (including phenoxy) is 1. The van der Waals surface area contributed by atoms with E-state index in [1.807, 2.05) is 36.4 Å². The van der Waals surface area contributed by atoms with E-state index < -0.39 is 23.4 Å². The Balaban J connectivity index is 1.75. The summed E-state index contributed by atoms with van der Waals surface area (Å²) in [6.07, 6.45) is 0. The summed E-state index contributed by atoms with van der Waals surface area (Å²) in [5.41, 5.74) is 6.86. The second-order valence-corrected chi connectivity index (χ2v) is 6.41. The van der Waals surface area contributed by atoms with Gasteiger partial charge in [-0.1, -0.05) is 48.5 Å². The zero-order chi connectivity index (χ0) is 21.5. The molecular weight excluding hydrogens is 386 g/mol. The monoisotopic (exact) mass is 405 g/mol. The summed E-state index contributed by atoms with van der Waals surface area (Å²) in [6, 6.07) is 21.9. The zero-order valence-electron chi connectivity index (χ0n) is 15.9. The summed E-state index contributed by atoms with van der Waals surface area (Å²) >= 11 is 0. The number of rotatable bonds is 7. The van der Waals surface area contributed by atoms with Crippen molar-refractivity contribution in [1.29, 1.82) is 0 Å². The van der Waals surface area contributed by atoms with Crippen molar-refractivity contribution in [3.8, 4) is 0 Å². The van der Waals surface area contributed by atoms with Gasteiger partial charge < -0.3 is 15.4 Å². The summed E-state index contributed by atoms with van der Waals surface area (Å²) < 4.78 is 5.11. The molecule has 0 aliphatic carbocycles. The highest BCUT2D eigenvalue weighted by molar-refractivity contribution is 5.99. The number of nitrogens with zero attached hydrogens (tertiary/aromatic N) is 2. The number of nitro benzene ring substituents is 1. The third kappa shape index (κ3) is 4.99. The molecule has 0 aliphatic heterocycles. The van der Waals surface area contributed by atoms with Crippen LogP contribution in [-0.4, -0.2) is 23.4 Å². The van der Waals surface area contributed by atoms with Crippen LogP contribution in [0.25, 0.3) is 0 Å². The topological polar surface area (TPSA) is 116 Å². The van der Waals surface area contributed by atoms with E-state index >= 15 is 0 Å². The summed E-state index contributed by atoms with van der Waals surface area (Å²) in [4.78, 5) is 37.0. The zero-order valence-corrected chi connectivity index (χ0v) is 15.9. The van der Waals surface area contributed by atoms with E-state index in [0.29, 0.717) is 12.2 Å². The molecule has 3 aromatic rings. The molecule has 0 atom stereocenters. The van der Waals surface area contributed by atoms with Crippen molar-refractivity contribution in [3.63, 3.8) is 0 Å². The van der Waals surface area contributed by atoms with Gasteiger partial charge in [0.25, 0.3) is 11.6 Å². The van der Waals surface area contributed by atoms with Crippen molar-refractivity contribution in [2.24, 2.45) is 0 Å². The largest absolute Gasteiger partial charge is 0.452 e. The lowest BCUT2D eigenvalue weighted by Gasteiger charge is -2.23. The van der Waals surface area contributed by atoms with Gasteiger partial charge in [0.1, 0.15) is 0 Å². The Bertz CT molecular complexity index is 1050. The molecule has 8 nitrogen and oxygen atoms in total. The molecule has 30 heavy (non-hydrogen) atoms. The Kier molecular flexibility index (Phi) is 6.39. The average molecular weight is 405 g/mol. The Labute approximate surface area is 172 Å². The van der Waals surface area contributed by atoms with Crippen LogP contribution in [-0.2, 0) is 16.1 Å². The van der Waals surface area contributed by atoms with Crippen LogP contribution in [0.4, 0.5) is 17.1 Å². The number of esters is 1. The van der Waals surface area contributed by atoms with Crippen molar-refractivity contribution >= 4 is 28.9 Å². The molecule has 0 bridgehead atoms. The van der Waals surface area contributed by atoms with Gasteiger partial charge in [0, 0.05) is 23.5 Å². The lowest BCUT2D eigenvalue weighted by atomic mass is 10.1. The van der Waals surface area contributed by atoms with Gasteiger partial charge >= 0.3 is 5.97 Å². The first-order chi connectivity index (χ1) is 14.5. The highest BCUT2D eigenvalue weighted by Crippen LogP contribution is 2.21. The molecule has 1 amide bonds. The molecule has 0 radical (unpaired) electrons. The fraction of sp³-hybridized carbons (Fsp3) is 0.0909. The van der Waals surface area contributed by atoms with Crippen LogP contribution < -0.4 is 10.6 Å². The first-order valence-corrected chi connectivity index (χ1v) is 9.06. The minimum atomic E-state index is -0.905. The molecule has 3 rings (SSSR count). The maximum Gasteiger partial charge on any atom is 0.341 e. The number of nitrogen functional groups attached to an aromatic ring is 1. The predicted molar refractivity (Wildman–Crippen MR) is 112 cm³/mol. The number of amides is 1.